The zero-order valence-corrected chi connectivity index (χ0v) is 26.8. The van der Waals surface area contributed by atoms with Gasteiger partial charge in [-0.25, -0.2) is 4.79 Å². The molecule has 0 N–H and O–H groups in total. The van der Waals surface area contributed by atoms with E-state index < -0.39 is 29.5 Å². The van der Waals surface area contributed by atoms with Crippen molar-refractivity contribution in [2.24, 2.45) is 0 Å². The fraction of sp³-hybridized carbons (Fsp3) is 0.457. The molecule has 0 spiro atoms. The molecule has 1 aliphatic rings. The van der Waals surface area contributed by atoms with Gasteiger partial charge in [0, 0.05) is 37.6 Å². The van der Waals surface area contributed by atoms with E-state index in [1.165, 1.54) is 26.9 Å². The number of pyridine rings is 1. The number of ether oxygens (including phenoxy) is 4. The summed E-state index contributed by atoms with van der Waals surface area (Å²) in [5.74, 6) is -5.06. The molecule has 11 heteroatoms. The minimum atomic E-state index is -3.88. The molecule has 1 atom stereocenters. The van der Waals surface area contributed by atoms with Crippen LogP contribution in [0.2, 0.25) is 0 Å². The summed E-state index contributed by atoms with van der Waals surface area (Å²) in [4.78, 5) is 33.5. The molecule has 2 amide bonds. The van der Waals surface area contributed by atoms with Crippen LogP contribution in [-0.2, 0) is 28.3 Å². The summed E-state index contributed by atoms with van der Waals surface area (Å²) in [6, 6.07) is 15.5. The summed E-state index contributed by atoms with van der Waals surface area (Å²) in [5, 5.41) is 0. The number of halogens is 2. The molecule has 9 nitrogen and oxygen atoms in total. The molecule has 0 bridgehead atoms. The Kier molecular flexibility index (Phi) is 12.6. The average molecular weight is 640 g/mol. The topological polar surface area (TPSA) is 90.4 Å². The SMILES string of the molecule is COc1cc(C(F)(F)C(=O)N2CCC[C@H]2COC(=O)N(CCCCc2ccccc2)CCCc2cccnc2)cc(OC)c1OC. The van der Waals surface area contributed by atoms with Crippen molar-refractivity contribution in [1.29, 1.82) is 0 Å². The smallest absolute Gasteiger partial charge is 0.409 e. The van der Waals surface area contributed by atoms with Crippen molar-refractivity contribution in [3.05, 3.63) is 83.7 Å². The van der Waals surface area contributed by atoms with E-state index >= 15 is 8.78 Å². The summed E-state index contributed by atoms with van der Waals surface area (Å²) in [6.07, 6.45) is 8.04. The van der Waals surface area contributed by atoms with Crippen LogP contribution in [0.5, 0.6) is 17.2 Å². The van der Waals surface area contributed by atoms with Gasteiger partial charge in [0.2, 0.25) is 5.75 Å². The van der Waals surface area contributed by atoms with Gasteiger partial charge >= 0.3 is 12.0 Å². The number of nitrogens with zero attached hydrogens (tertiary/aromatic N) is 3. The summed E-state index contributed by atoms with van der Waals surface area (Å²) >= 11 is 0. The normalized spacial score (nSPS) is 14.5. The van der Waals surface area contributed by atoms with E-state index in [1.54, 1.807) is 11.1 Å². The van der Waals surface area contributed by atoms with Crippen LogP contribution in [0.1, 0.15) is 48.8 Å². The Bertz CT molecular complexity index is 1380. The third-order valence-electron chi connectivity index (χ3n) is 8.19. The minimum absolute atomic E-state index is 0.0172. The highest BCUT2D eigenvalue weighted by Crippen LogP contribution is 2.43. The van der Waals surface area contributed by atoms with E-state index in [0.717, 1.165) is 48.3 Å². The van der Waals surface area contributed by atoms with Crippen molar-refractivity contribution in [2.75, 3.05) is 47.6 Å². The fourth-order valence-electron chi connectivity index (χ4n) is 5.69. The zero-order valence-electron chi connectivity index (χ0n) is 26.8. The highest BCUT2D eigenvalue weighted by Gasteiger charge is 2.48. The van der Waals surface area contributed by atoms with Gasteiger partial charge in [0.15, 0.2) is 11.5 Å². The van der Waals surface area contributed by atoms with Gasteiger partial charge in [-0.15, -0.1) is 0 Å². The van der Waals surface area contributed by atoms with Gasteiger partial charge in [-0.3, -0.25) is 9.78 Å². The van der Waals surface area contributed by atoms with Crippen molar-refractivity contribution in [3.63, 3.8) is 0 Å². The van der Waals surface area contributed by atoms with Crippen molar-refractivity contribution in [3.8, 4) is 17.2 Å². The second-order valence-corrected chi connectivity index (χ2v) is 11.3. The largest absolute Gasteiger partial charge is 0.493 e. The number of carbonyl (C=O) groups excluding carboxylic acids is 2. The molecule has 3 aromatic rings. The molecule has 1 aromatic heterocycles. The predicted octanol–water partition coefficient (Wildman–Crippen LogP) is 6.28. The van der Waals surface area contributed by atoms with Crippen LogP contribution in [0.3, 0.4) is 0 Å². The number of likely N-dealkylation sites (tertiary alicyclic amines) is 1. The molecule has 0 saturated carbocycles. The minimum Gasteiger partial charge on any atom is -0.493 e. The highest BCUT2D eigenvalue weighted by molar-refractivity contribution is 5.86. The standard InChI is InChI=1S/C35H43F2N3O6/c1-43-30-22-28(23-31(44-2)32(30)45-3)35(36,37)33(41)40-21-11-17-29(40)25-46-34(42)39(20-10-16-27-15-9-18-38-24-27)19-8-7-14-26-12-5-4-6-13-26/h4-6,9,12-13,15,18,22-24,29H,7-8,10-11,14,16-17,19-21,25H2,1-3H3/t29-/m0/s1. The molecule has 248 valence electrons. The van der Waals surface area contributed by atoms with Crippen LogP contribution in [0, 0.1) is 0 Å². The number of alkyl halides is 2. The quantitative estimate of drug-likeness (QED) is 0.170. The fourth-order valence-corrected chi connectivity index (χ4v) is 5.69. The second-order valence-electron chi connectivity index (χ2n) is 11.3. The number of rotatable bonds is 16. The number of benzene rings is 2. The first-order valence-corrected chi connectivity index (χ1v) is 15.6. The average Bonchev–Trinajstić information content (AvgIpc) is 3.56. The van der Waals surface area contributed by atoms with Gasteiger partial charge in [0.25, 0.3) is 5.91 Å². The van der Waals surface area contributed by atoms with E-state index in [2.05, 4.69) is 17.1 Å². The Labute approximate surface area is 269 Å². The monoisotopic (exact) mass is 639 g/mol. The van der Waals surface area contributed by atoms with Crippen molar-refractivity contribution >= 4 is 12.0 Å². The van der Waals surface area contributed by atoms with Gasteiger partial charge in [0.1, 0.15) is 6.61 Å². The Morgan fingerprint density at radius 1 is 0.913 bits per heavy atom. The van der Waals surface area contributed by atoms with Gasteiger partial charge in [0.05, 0.1) is 27.4 Å². The van der Waals surface area contributed by atoms with Crippen LogP contribution in [-0.4, -0.2) is 80.4 Å². The first kappa shape index (κ1) is 34.5. The summed E-state index contributed by atoms with van der Waals surface area (Å²) < 4.78 is 52.7. The van der Waals surface area contributed by atoms with Crippen LogP contribution < -0.4 is 14.2 Å². The van der Waals surface area contributed by atoms with E-state index in [1.807, 2.05) is 36.5 Å². The maximum atomic E-state index is 15.7. The van der Waals surface area contributed by atoms with Crippen LogP contribution in [0.15, 0.2) is 67.0 Å². The number of hydrogen-bond donors (Lipinski definition) is 0. The van der Waals surface area contributed by atoms with Gasteiger partial charge in [-0.2, -0.15) is 8.78 Å². The highest BCUT2D eigenvalue weighted by atomic mass is 19.3. The van der Waals surface area contributed by atoms with Crippen molar-refractivity contribution < 1.29 is 37.3 Å². The summed E-state index contributed by atoms with van der Waals surface area (Å²) in [5.41, 5.74) is 1.74. The van der Waals surface area contributed by atoms with E-state index in [9.17, 15) is 9.59 Å². The maximum Gasteiger partial charge on any atom is 0.409 e. The zero-order chi connectivity index (χ0) is 32.9. The van der Waals surface area contributed by atoms with Gasteiger partial charge < -0.3 is 28.7 Å². The van der Waals surface area contributed by atoms with E-state index in [0.29, 0.717) is 32.4 Å². The van der Waals surface area contributed by atoms with Gasteiger partial charge in [-0.05, 0) is 74.3 Å². The maximum absolute atomic E-state index is 15.7. The summed E-state index contributed by atoms with van der Waals surface area (Å²) in [6.45, 7) is 0.950. The molecule has 4 rings (SSSR count). The molecule has 0 aliphatic carbocycles. The molecular formula is C35H43F2N3O6. The van der Waals surface area contributed by atoms with Crippen LogP contribution >= 0.6 is 0 Å². The Balaban J connectivity index is 1.38. The summed E-state index contributed by atoms with van der Waals surface area (Å²) in [7, 11) is 4.00. The van der Waals surface area contributed by atoms with Gasteiger partial charge in [-0.1, -0.05) is 36.4 Å². The number of unbranched alkanes of at least 4 members (excludes halogenated alkanes) is 1. The number of methoxy groups -OCH3 is 3. The van der Waals surface area contributed by atoms with E-state index in [-0.39, 0.29) is 30.4 Å². The first-order chi connectivity index (χ1) is 22.3. The van der Waals surface area contributed by atoms with Crippen LogP contribution in [0.4, 0.5) is 13.6 Å². The second kappa shape index (κ2) is 16.8. The lowest BCUT2D eigenvalue weighted by molar-refractivity contribution is -0.160. The lowest BCUT2D eigenvalue weighted by Crippen LogP contribution is -2.47. The molecule has 1 aliphatic heterocycles. The Morgan fingerprint density at radius 2 is 1.59 bits per heavy atom. The number of aryl methyl sites for hydroxylation is 2. The van der Waals surface area contributed by atoms with Crippen molar-refractivity contribution in [2.45, 2.75) is 56.9 Å². The lowest BCUT2D eigenvalue weighted by Gasteiger charge is -2.30. The Morgan fingerprint density at radius 3 is 2.24 bits per heavy atom. The number of hydrogen-bond acceptors (Lipinski definition) is 7. The molecular weight excluding hydrogens is 596 g/mol. The molecule has 2 aromatic carbocycles. The third-order valence-corrected chi connectivity index (χ3v) is 8.19. The molecule has 2 heterocycles. The molecule has 1 saturated heterocycles. The number of carbonyl (C=O) groups is 2. The molecule has 1 fully saturated rings. The Hall–Kier alpha value is -4.41. The molecule has 0 unspecified atom stereocenters. The van der Waals surface area contributed by atoms with Crippen LogP contribution in [0.25, 0.3) is 0 Å². The van der Waals surface area contributed by atoms with Crippen molar-refractivity contribution in [1.82, 2.24) is 14.8 Å². The lowest BCUT2D eigenvalue weighted by atomic mass is 10.0. The first-order valence-electron chi connectivity index (χ1n) is 15.6. The van der Waals surface area contributed by atoms with E-state index in [4.69, 9.17) is 18.9 Å². The predicted molar refractivity (Wildman–Crippen MR) is 170 cm³/mol. The number of aromatic nitrogens is 1. The number of amides is 2. The third kappa shape index (κ3) is 8.86. The molecule has 0 radical (unpaired) electrons. The molecule has 46 heavy (non-hydrogen) atoms.